The van der Waals surface area contributed by atoms with Gasteiger partial charge in [0, 0.05) is 27.7 Å². The Hall–Kier alpha value is -2.13. The first-order chi connectivity index (χ1) is 10.4. The number of carbonyl (C=O) groups excluding carboxylic acids is 1. The Balaban J connectivity index is 2.47. The van der Waals surface area contributed by atoms with Gasteiger partial charge in [0.15, 0.2) is 11.2 Å². The van der Waals surface area contributed by atoms with Crippen LogP contribution in [-0.2, 0) is 30.2 Å². The van der Waals surface area contributed by atoms with Crippen molar-refractivity contribution in [2.24, 2.45) is 14.1 Å². The third kappa shape index (κ3) is 2.77. The summed E-state index contributed by atoms with van der Waals surface area (Å²) in [6, 6.07) is 0. The molecule has 2 heterocycles. The third-order valence-electron chi connectivity index (χ3n) is 3.23. The number of nitrogens with one attached hydrogen (secondary N) is 1. The minimum atomic E-state index is -0.554. The molecular formula is C12H16ClN5O4. The quantitative estimate of drug-likeness (QED) is 0.551. The monoisotopic (exact) mass is 329 g/mol. The maximum atomic E-state index is 12.3. The van der Waals surface area contributed by atoms with Crippen LogP contribution in [0.2, 0.25) is 5.28 Å². The molecule has 0 saturated heterocycles. The summed E-state index contributed by atoms with van der Waals surface area (Å²) < 4.78 is 8.27. The van der Waals surface area contributed by atoms with Crippen LogP contribution in [0.4, 0.5) is 0 Å². The molecule has 0 saturated carbocycles. The van der Waals surface area contributed by atoms with E-state index in [1.807, 2.05) is 0 Å². The molecule has 2 rings (SSSR count). The number of ether oxygens (including phenoxy) is 1. The molecule has 2 aromatic heterocycles. The lowest BCUT2D eigenvalue weighted by Crippen LogP contribution is -2.38. The molecule has 9 nitrogen and oxygen atoms in total. The van der Waals surface area contributed by atoms with E-state index in [-0.39, 0.29) is 28.9 Å². The number of amides is 1. The van der Waals surface area contributed by atoms with E-state index in [0.717, 1.165) is 4.57 Å². The van der Waals surface area contributed by atoms with Gasteiger partial charge in [-0.15, -0.1) is 0 Å². The Labute approximate surface area is 130 Å². The summed E-state index contributed by atoms with van der Waals surface area (Å²) in [6.07, 6.45) is 0. The van der Waals surface area contributed by atoms with Crippen LogP contribution in [-0.4, -0.2) is 44.9 Å². The molecule has 1 amide bonds. The van der Waals surface area contributed by atoms with E-state index in [9.17, 15) is 14.4 Å². The standard InChI is InChI=1S/C12H16ClN5O4/c1-16-9-8(10(20)17(2)12(16)21)18(11(13)15-9)6-7(19)14-4-5-22-3/h4-6H2,1-3H3,(H,14,19). The van der Waals surface area contributed by atoms with Crippen molar-refractivity contribution in [2.45, 2.75) is 6.54 Å². The number of methoxy groups -OCH3 is 1. The molecule has 0 aliphatic rings. The Morgan fingerprint density at radius 2 is 2.00 bits per heavy atom. The zero-order chi connectivity index (χ0) is 16.4. The van der Waals surface area contributed by atoms with E-state index in [0.29, 0.717) is 13.2 Å². The fourth-order valence-electron chi connectivity index (χ4n) is 2.06. The summed E-state index contributed by atoms with van der Waals surface area (Å²) in [4.78, 5) is 40.0. The molecule has 0 aromatic carbocycles. The smallest absolute Gasteiger partial charge is 0.332 e. The lowest BCUT2D eigenvalue weighted by atomic mass is 10.4. The lowest BCUT2D eigenvalue weighted by molar-refractivity contribution is -0.121. The van der Waals surface area contributed by atoms with Gasteiger partial charge in [-0.3, -0.25) is 23.3 Å². The van der Waals surface area contributed by atoms with E-state index in [1.54, 1.807) is 0 Å². The molecular weight excluding hydrogens is 314 g/mol. The molecule has 0 unspecified atom stereocenters. The number of rotatable bonds is 5. The summed E-state index contributed by atoms with van der Waals surface area (Å²) in [5.41, 5.74) is -0.815. The van der Waals surface area contributed by atoms with E-state index in [4.69, 9.17) is 16.3 Å². The van der Waals surface area contributed by atoms with Gasteiger partial charge >= 0.3 is 5.69 Å². The van der Waals surface area contributed by atoms with Gasteiger partial charge in [-0.1, -0.05) is 0 Å². The number of fused-ring (bicyclic) bond motifs is 1. The normalized spacial score (nSPS) is 11.1. The highest BCUT2D eigenvalue weighted by Crippen LogP contribution is 2.15. The highest BCUT2D eigenvalue weighted by Gasteiger charge is 2.19. The number of imidazole rings is 1. The van der Waals surface area contributed by atoms with Crippen LogP contribution >= 0.6 is 11.6 Å². The molecule has 0 aliphatic heterocycles. The van der Waals surface area contributed by atoms with Gasteiger partial charge in [0.05, 0.1) is 6.61 Å². The molecule has 0 atom stereocenters. The first kappa shape index (κ1) is 16.2. The summed E-state index contributed by atoms with van der Waals surface area (Å²) >= 11 is 6.01. The molecule has 10 heteroatoms. The fourth-order valence-corrected chi connectivity index (χ4v) is 2.28. The molecule has 0 bridgehead atoms. The predicted molar refractivity (Wildman–Crippen MR) is 80.1 cm³/mol. The number of hydrogen-bond acceptors (Lipinski definition) is 5. The van der Waals surface area contributed by atoms with Gasteiger partial charge in [0.25, 0.3) is 5.56 Å². The van der Waals surface area contributed by atoms with E-state index >= 15 is 0 Å². The van der Waals surface area contributed by atoms with Crippen molar-refractivity contribution in [1.29, 1.82) is 0 Å². The number of nitrogens with zero attached hydrogens (tertiary/aromatic N) is 4. The predicted octanol–water partition coefficient (Wildman–Crippen LogP) is -1.15. The van der Waals surface area contributed by atoms with Gasteiger partial charge in [-0.05, 0) is 11.6 Å². The van der Waals surface area contributed by atoms with Gasteiger partial charge < -0.3 is 10.1 Å². The largest absolute Gasteiger partial charge is 0.383 e. The number of halogens is 1. The van der Waals surface area contributed by atoms with Gasteiger partial charge in [-0.2, -0.15) is 4.98 Å². The van der Waals surface area contributed by atoms with E-state index in [2.05, 4.69) is 10.3 Å². The first-order valence-corrected chi connectivity index (χ1v) is 6.83. The average Bonchev–Trinajstić information content (AvgIpc) is 2.80. The Morgan fingerprint density at radius 1 is 1.32 bits per heavy atom. The number of hydrogen-bond donors (Lipinski definition) is 1. The topological polar surface area (TPSA) is 100 Å². The van der Waals surface area contributed by atoms with Crippen LogP contribution < -0.4 is 16.6 Å². The molecule has 22 heavy (non-hydrogen) atoms. The molecule has 1 N–H and O–H groups in total. The Bertz CT molecular complexity index is 835. The lowest BCUT2D eigenvalue weighted by Gasteiger charge is -2.08. The Kier molecular flexibility index (Phi) is 4.67. The van der Waals surface area contributed by atoms with Gasteiger partial charge in [0.2, 0.25) is 11.2 Å². The first-order valence-electron chi connectivity index (χ1n) is 6.45. The zero-order valence-electron chi connectivity index (χ0n) is 12.4. The van der Waals surface area contributed by atoms with Crippen LogP contribution in [0.15, 0.2) is 9.59 Å². The van der Waals surface area contributed by atoms with E-state index < -0.39 is 11.2 Å². The number of aryl methyl sites for hydroxylation is 1. The zero-order valence-corrected chi connectivity index (χ0v) is 13.2. The summed E-state index contributed by atoms with van der Waals surface area (Å²) in [5, 5.41) is 2.59. The van der Waals surface area contributed by atoms with Crippen molar-refractivity contribution < 1.29 is 9.53 Å². The van der Waals surface area contributed by atoms with Crippen molar-refractivity contribution in [3.8, 4) is 0 Å². The molecule has 2 aromatic rings. The molecule has 120 valence electrons. The van der Waals surface area contributed by atoms with Crippen LogP contribution in [0.1, 0.15) is 0 Å². The van der Waals surface area contributed by atoms with Crippen molar-refractivity contribution in [3.05, 3.63) is 26.1 Å². The van der Waals surface area contributed by atoms with Crippen molar-refractivity contribution >= 4 is 28.7 Å². The van der Waals surface area contributed by atoms with Crippen LogP contribution in [0.5, 0.6) is 0 Å². The maximum absolute atomic E-state index is 12.3. The van der Waals surface area contributed by atoms with Crippen LogP contribution in [0.25, 0.3) is 11.2 Å². The number of carbonyl (C=O) groups is 1. The summed E-state index contributed by atoms with van der Waals surface area (Å²) in [5.74, 6) is -0.339. The average molecular weight is 330 g/mol. The molecule has 0 fully saturated rings. The van der Waals surface area contributed by atoms with Gasteiger partial charge in [0.1, 0.15) is 6.54 Å². The highest BCUT2D eigenvalue weighted by molar-refractivity contribution is 6.29. The van der Waals surface area contributed by atoms with Crippen LogP contribution in [0, 0.1) is 0 Å². The van der Waals surface area contributed by atoms with Crippen LogP contribution in [0.3, 0.4) is 0 Å². The molecule has 0 spiro atoms. The number of aromatic nitrogens is 4. The SMILES string of the molecule is COCCNC(=O)Cn1c(Cl)nc2c1c(=O)n(C)c(=O)n2C. The minimum Gasteiger partial charge on any atom is -0.383 e. The van der Waals surface area contributed by atoms with Gasteiger partial charge in [-0.25, -0.2) is 4.79 Å². The second-order valence-corrected chi connectivity index (χ2v) is 5.03. The molecule has 0 radical (unpaired) electrons. The molecule has 0 aliphatic carbocycles. The summed E-state index contributed by atoms with van der Waals surface area (Å²) in [6.45, 7) is 0.545. The fraction of sp³-hybridized carbons (Fsp3) is 0.500. The Morgan fingerprint density at radius 3 is 2.64 bits per heavy atom. The maximum Gasteiger partial charge on any atom is 0.332 e. The minimum absolute atomic E-state index is 0.0322. The highest BCUT2D eigenvalue weighted by atomic mass is 35.5. The second-order valence-electron chi connectivity index (χ2n) is 4.69. The van der Waals surface area contributed by atoms with Crippen molar-refractivity contribution in [1.82, 2.24) is 24.0 Å². The van der Waals surface area contributed by atoms with Crippen molar-refractivity contribution in [3.63, 3.8) is 0 Å². The summed E-state index contributed by atoms with van der Waals surface area (Å²) in [7, 11) is 4.36. The second kappa shape index (κ2) is 6.32. The van der Waals surface area contributed by atoms with Crippen molar-refractivity contribution in [2.75, 3.05) is 20.3 Å². The third-order valence-corrected chi connectivity index (χ3v) is 3.52. The van der Waals surface area contributed by atoms with E-state index in [1.165, 1.54) is 30.3 Å².